The quantitative estimate of drug-likeness (QED) is 0.806. The van der Waals surface area contributed by atoms with Crippen LogP contribution in [0, 0.1) is 0 Å². The lowest BCUT2D eigenvalue weighted by Gasteiger charge is -2.11. The lowest BCUT2D eigenvalue weighted by Crippen LogP contribution is -2.08. The molecule has 0 aliphatic carbocycles. The number of aromatic nitrogens is 3. The second kappa shape index (κ2) is 5.02. The second-order valence-corrected chi connectivity index (χ2v) is 4.66. The Morgan fingerprint density at radius 2 is 2.25 bits per heavy atom. The van der Waals surface area contributed by atoms with Gasteiger partial charge >= 0.3 is 0 Å². The molecule has 0 spiro atoms. The van der Waals surface area contributed by atoms with E-state index >= 15 is 0 Å². The number of rotatable bonds is 3. The number of fused-ring (bicyclic) bond motifs is 1. The lowest BCUT2D eigenvalue weighted by molar-refractivity contribution is 0.341. The van der Waals surface area contributed by atoms with Gasteiger partial charge in [0.05, 0.1) is 29.2 Å². The van der Waals surface area contributed by atoms with Crippen molar-refractivity contribution in [1.82, 2.24) is 14.5 Å². The van der Waals surface area contributed by atoms with Gasteiger partial charge in [-0.2, -0.15) is 0 Å². The van der Waals surface area contributed by atoms with Crippen LogP contribution in [0.3, 0.4) is 0 Å². The Bertz CT molecular complexity index is 809. The van der Waals surface area contributed by atoms with Crippen LogP contribution >= 0.6 is 11.6 Å². The number of aromatic amines is 1. The Balaban J connectivity index is 2.33. The first-order valence-electron chi connectivity index (χ1n) is 6.16. The highest BCUT2D eigenvalue weighted by atomic mass is 35.5. The molecule has 0 unspecified atom stereocenters. The van der Waals surface area contributed by atoms with Gasteiger partial charge in [-0.15, -0.1) is 0 Å². The average Bonchev–Trinajstić information content (AvgIpc) is 2.93. The Kier molecular flexibility index (Phi) is 3.20. The number of nitrogens with one attached hydrogen (secondary N) is 1. The third kappa shape index (κ3) is 2.16. The maximum absolute atomic E-state index is 11.8. The summed E-state index contributed by atoms with van der Waals surface area (Å²) in [7, 11) is 0. The molecule has 3 rings (SSSR count). The molecule has 20 heavy (non-hydrogen) atoms. The fourth-order valence-corrected chi connectivity index (χ4v) is 2.34. The van der Waals surface area contributed by atoms with Crippen LogP contribution in [0.4, 0.5) is 0 Å². The zero-order valence-electron chi connectivity index (χ0n) is 10.8. The molecule has 0 bridgehead atoms. The molecular weight excluding hydrogens is 278 g/mol. The highest BCUT2D eigenvalue weighted by Gasteiger charge is 2.10. The molecule has 2 aromatic heterocycles. The van der Waals surface area contributed by atoms with Crippen molar-refractivity contribution in [3.8, 4) is 11.4 Å². The van der Waals surface area contributed by atoms with Crippen molar-refractivity contribution in [1.29, 1.82) is 0 Å². The average molecular weight is 290 g/mol. The number of hydrogen-bond donors (Lipinski definition) is 1. The SMILES string of the molecule is CCOc1cc2c(-n3ccnc3)cc(=O)[nH]c2cc1Cl. The summed E-state index contributed by atoms with van der Waals surface area (Å²) in [6.45, 7) is 2.42. The van der Waals surface area contributed by atoms with E-state index in [1.54, 1.807) is 29.4 Å². The van der Waals surface area contributed by atoms with Crippen LogP contribution in [-0.4, -0.2) is 21.1 Å². The summed E-state index contributed by atoms with van der Waals surface area (Å²) in [5.41, 5.74) is 1.20. The van der Waals surface area contributed by atoms with E-state index in [0.717, 1.165) is 11.1 Å². The number of H-pyrrole nitrogens is 1. The fourth-order valence-electron chi connectivity index (χ4n) is 2.12. The van der Waals surface area contributed by atoms with Crippen LogP contribution in [0.5, 0.6) is 5.75 Å². The minimum Gasteiger partial charge on any atom is -0.492 e. The Hall–Kier alpha value is -2.27. The van der Waals surface area contributed by atoms with Crippen molar-refractivity contribution in [3.63, 3.8) is 0 Å². The van der Waals surface area contributed by atoms with Crippen molar-refractivity contribution < 1.29 is 4.74 Å². The zero-order chi connectivity index (χ0) is 14.1. The first-order valence-corrected chi connectivity index (χ1v) is 6.54. The minimum absolute atomic E-state index is 0.193. The third-order valence-corrected chi connectivity index (χ3v) is 3.25. The predicted octanol–water partition coefficient (Wildman–Crippen LogP) is 2.77. The molecule has 0 saturated heterocycles. The van der Waals surface area contributed by atoms with Crippen molar-refractivity contribution in [2.24, 2.45) is 0 Å². The maximum atomic E-state index is 11.8. The van der Waals surface area contributed by atoms with Gasteiger partial charge in [-0.3, -0.25) is 4.79 Å². The molecular formula is C14H12ClN3O2. The summed E-state index contributed by atoms with van der Waals surface area (Å²) in [5.74, 6) is 0.593. The van der Waals surface area contributed by atoms with Crippen molar-refractivity contribution in [2.45, 2.75) is 6.92 Å². The number of pyridine rings is 1. The smallest absolute Gasteiger partial charge is 0.250 e. The van der Waals surface area contributed by atoms with Crippen LogP contribution in [0.1, 0.15) is 6.92 Å². The van der Waals surface area contributed by atoms with Crippen LogP contribution < -0.4 is 10.3 Å². The van der Waals surface area contributed by atoms with E-state index in [1.165, 1.54) is 6.07 Å². The predicted molar refractivity (Wildman–Crippen MR) is 77.9 cm³/mol. The van der Waals surface area contributed by atoms with Gasteiger partial charge in [-0.25, -0.2) is 4.98 Å². The van der Waals surface area contributed by atoms with Crippen LogP contribution in [0.15, 0.2) is 41.7 Å². The molecule has 1 aromatic carbocycles. The second-order valence-electron chi connectivity index (χ2n) is 4.25. The molecule has 0 saturated carbocycles. The largest absolute Gasteiger partial charge is 0.492 e. The summed E-state index contributed by atoms with van der Waals surface area (Å²) in [6.07, 6.45) is 5.08. The molecule has 0 amide bonds. The van der Waals surface area contributed by atoms with E-state index in [4.69, 9.17) is 16.3 Å². The molecule has 3 aromatic rings. The van der Waals surface area contributed by atoms with Gasteiger partial charge in [0, 0.05) is 23.8 Å². The van der Waals surface area contributed by atoms with Crippen molar-refractivity contribution in [2.75, 3.05) is 6.61 Å². The van der Waals surface area contributed by atoms with Gasteiger partial charge in [0.25, 0.3) is 5.56 Å². The highest BCUT2D eigenvalue weighted by molar-refractivity contribution is 6.32. The van der Waals surface area contributed by atoms with Gasteiger partial charge < -0.3 is 14.3 Å². The number of imidazole rings is 1. The molecule has 0 aliphatic heterocycles. The fraction of sp³-hybridized carbons (Fsp3) is 0.143. The van der Waals surface area contributed by atoms with Crippen molar-refractivity contribution in [3.05, 3.63) is 52.3 Å². The van der Waals surface area contributed by atoms with Gasteiger partial charge in [0.2, 0.25) is 0 Å². The number of nitrogens with zero attached hydrogens (tertiary/aromatic N) is 2. The molecule has 0 radical (unpaired) electrons. The Labute approximate surface area is 119 Å². The van der Waals surface area contributed by atoms with Crippen LogP contribution in [0.2, 0.25) is 5.02 Å². The van der Waals surface area contributed by atoms with E-state index in [9.17, 15) is 4.79 Å². The van der Waals surface area contributed by atoms with E-state index in [0.29, 0.717) is 22.9 Å². The Morgan fingerprint density at radius 3 is 2.95 bits per heavy atom. The molecule has 5 nitrogen and oxygen atoms in total. The van der Waals surface area contributed by atoms with Gasteiger partial charge in [0.15, 0.2) is 0 Å². The van der Waals surface area contributed by atoms with E-state index < -0.39 is 0 Å². The number of benzene rings is 1. The number of halogens is 1. The molecule has 1 N–H and O–H groups in total. The van der Waals surface area contributed by atoms with Gasteiger partial charge in [-0.05, 0) is 19.1 Å². The van der Waals surface area contributed by atoms with E-state index in [2.05, 4.69) is 9.97 Å². The first kappa shape index (κ1) is 12.7. The Morgan fingerprint density at radius 1 is 1.40 bits per heavy atom. The normalized spacial score (nSPS) is 10.9. The van der Waals surface area contributed by atoms with Gasteiger partial charge in [-0.1, -0.05) is 11.6 Å². The highest BCUT2D eigenvalue weighted by Crippen LogP contribution is 2.31. The summed E-state index contributed by atoms with van der Waals surface area (Å²) >= 11 is 6.15. The molecule has 102 valence electrons. The molecule has 0 aliphatic rings. The monoisotopic (exact) mass is 289 g/mol. The van der Waals surface area contributed by atoms with E-state index in [-0.39, 0.29) is 5.56 Å². The summed E-state index contributed by atoms with van der Waals surface area (Å²) in [4.78, 5) is 18.5. The molecule has 2 heterocycles. The standard InChI is InChI=1S/C14H12ClN3O2/c1-2-20-13-5-9-11(6-10(13)15)17-14(19)7-12(9)18-4-3-16-8-18/h3-8H,2H2,1H3,(H,17,19). The van der Waals surface area contributed by atoms with Crippen LogP contribution in [0.25, 0.3) is 16.6 Å². The first-order chi connectivity index (χ1) is 9.69. The zero-order valence-corrected chi connectivity index (χ0v) is 11.5. The maximum Gasteiger partial charge on any atom is 0.250 e. The molecule has 0 atom stereocenters. The summed E-state index contributed by atoms with van der Waals surface area (Å²) < 4.78 is 7.28. The lowest BCUT2D eigenvalue weighted by atomic mass is 10.1. The molecule has 6 heteroatoms. The molecule has 0 fully saturated rings. The third-order valence-electron chi connectivity index (χ3n) is 2.96. The van der Waals surface area contributed by atoms with Gasteiger partial charge in [0.1, 0.15) is 5.75 Å². The van der Waals surface area contributed by atoms with Crippen molar-refractivity contribution >= 4 is 22.5 Å². The number of ether oxygens (including phenoxy) is 1. The minimum atomic E-state index is -0.193. The number of hydrogen-bond acceptors (Lipinski definition) is 3. The summed E-state index contributed by atoms with van der Waals surface area (Å²) in [6, 6.07) is 5.05. The van der Waals surface area contributed by atoms with E-state index in [1.807, 2.05) is 13.0 Å². The summed E-state index contributed by atoms with van der Waals surface area (Å²) in [5, 5.41) is 1.31. The topological polar surface area (TPSA) is 59.9 Å². The van der Waals surface area contributed by atoms with Crippen LogP contribution in [-0.2, 0) is 0 Å².